The number of anilines is 1. The number of hydrogen-bond acceptors (Lipinski definition) is 6. The number of hydrogen-bond donors (Lipinski definition) is 3. The van der Waals surface area contributed by atoms with E-state index in [0.717, 1.165) is 16.7 Å². The van der Waals surface area contributed by atoms with Crippen LogP contribution < -0.4 is 25.3 Å². The second kappa shape index (κ2) is 9.77. The van der Waals surface area contributed by atoms with Crippen LogP contribution in [0.25, 0.3) is 12.2 Å². The molecule has 1 amide bonds. The van der Waals surface area contributed by atoms with Gasteiger partial charge in [-0.15, -0.1) is 0 Å². The second-order valence-corrected chi connectivity index (χ2v) is 6.14. The van der Waals surface area contributed by atoms with Gasteiger partial charge in [-0.05, 0) is 47.9 Å². The standard InChI is InChI=1S/C21H26N2O5/c1-13-9-15(11-19(27-3)20(13)28-4)6-5-14-7-8-18(26-2)17(10-14)23-21(25)16(22)12-24/h5-11,16,24H,12,22H2,1-4H3,(H,23,25)/t16-/m0/s1. The molecule has 0 aromatic heterocycles. The summed E-state index contributed by atoms with van der Waals surface area (Å²) in [6.45, 7) is 1.51. The number of aliphatic hydroxyl groups is 1. The maximum atomic E-state index is 12.0. The molecule has 0 aliphatic carbocycles. The lowest BCUT2D eigenvalue weighted by atomic mass is 10.1. The number of carbonyl (C=O) groups excluding carboxylic acids is 1. The van der Waals surface area contributed by atoms with Crippen molar-refractivity contribution in [3.05, 3.63) is 47.0 Å². The minimum absolute atomic E-state index is 0.438. The molecule has 0 saturated carbocycles. The summed E-state index contributed by atoms with van der Waals surface area (Å²) >= 11 is 0. The number of rotatable bonds is 8. The summed E-state index contributed by atoms with van der Waals surface area (Å²) in [5.41, 5.74) is 8.78. The van der Waals surface area contributed by atoms with Gasteiger partial charge in [-0.3, -0.25) is 4.79 Å². The molecule has 0 aliphatic heterocycles. The number of nitrogens with one attached hydrogen (secondary N) is 1. The first-order chi connectivity index (χ1) is 13.4. The molecule has 0 unspecified atom stereocenters. The molecule has 0 radical (unpaired) electrons. The molecule has 150 valence electrons. The normalized spacial score (nSPS) is 11.9. The highest BCUT2D eigenvalue weighted by Gasteiger charge is 2.14. The summed E-state index contributed by atoms with van der Waals surface area (Å²) in [7, 11) is 4.72. The van der Waals surface area contributed by atoms with Gasteiger partial charge in [0.2, 0.25) is 5.91 Å². The average Bonchev–Trinajstić information content (AvgIpc) is 2.71. The van der Waals surface area contributed by atoms with E-state index in [1.54, 1.807) is 26.4 Å². The predicted octanol–water partition coefficient (Wildman–Crippen LogP) is 2.45. The van der Waals surface area contributed by atoms with Crippen LogP contribution in [0, 0.1) is 6.92 Å². The Morgan fingerprint density at radius 1 is 1.07 bits per heavy atom. The third-order valence-electron chi connectivity index (χ3n) is 4.17. The number of ether oxygens (including phenoxy) is 3. The molecule has 0 bridgehead atoms. The molecule has 1 atom stereocenters. The van der Waals surface area contributed by atoms with E-state index in [2.05, 4.69) is 5.32 Å². The molecule has 0 aliphatic rings. The highest BCUT2D eigenvalue weighted by atomic mass is 16.5. The van der Waals surface area contributed by atoms with Crippen molar-refractivity contribution in [3.8, 4) is 17.2 Å². The smallest absolute Gasteiger partial charge is 0.243 e. The van der Waals surface area contributed by atoms with Crippen molar-refractivity contribution in [3.63, 3.8) is 0 Å². The lowest BCUT2D eigenvalue weighted by Crippen LogP contribution is -2.38. The van der Waals surface area contributed by atoms with Crippen molar-refractivity contribution in [2.45, 2.75) is 13.0 Å². The van der Waals surface area contributed by atoms with Crippen LogP contribution in [0.4, 0.5) is 5.69 Å². The van der Waals surface area contributed by atoms with E-state index in [9.17, 15) is 4.79 Å². The molecule has 7 heteroatoms. The Morgan fingerprint density at radius 2 is 1.75 bits per heavy atom. The molecular formula is C21H26N2O5. The zero-order valence-corrected chi connectivity index (χ0v) is 16.5. The first-order valence-corrected chi connectivity index (χ1v) is 8.69. The van der Waals surface area contributed by atoms with Crippen LogP contribution in [0.5, 0.6) is 17.2 Å². The van der Waals surface area contributed by atoms with E-state index in [1.165, 1.54) is 7.11 Å². The van der Waals surface area contributed by atoms with Crippen molar-refractivity contribution in [1.82, 2.24) is 0 Å². The van der Waals surface area contributed by atoms with Gasteiger partial charge in [0.1, 0.15) is 11.8 Å². The molecular weight excluding hydrogens is 360 g/mol. The molecule has 0 spiro atoms. The van der Waals surface area contributed by atoms with E-state index in [4.69, 9.17) is 25.1 Å². The molecule has 0 fully saturated rings. The van der Waals surface area contributed by atoms with Crippen LogP contribution in [0.1, 0.15) is 16.7 Å². The summed E-state index contributed by atoms with van der Waals surface area (Å²) in [5, 5.41) is 11.7. The average molecular weight is 386 g/mol. The lowest BCUT2D eigenvalue weighted by molar-refractivity contribution is -0.118. The van der Waals surface area contributed by atoms with E-state index < -0.39 is 18.6 Å². The number of nitrogens with two attached hydrogens (primary N) is 1. The van der Waals surface area contributed by atoms with Gasteiger partial charge >= 0.3 is 0 Å². The molecule has 2 rings (SSSR count). The fourth-order valence-corrected chi connectivity index (χ4v) is 2.71. The maximum Gasteiger partial charge on any atom is 0.243 e. The molecule has 0 heterocycles. The number of aliphatic hydroxyl groups excluding tert-OH is 1. The number of carbonyl (C=O) groups is 1. The van der Waals surface area contributed by atoms with Crippen LogP contribution in [-0.4, -0.2) is 45.0 Å². The summed E-state index contributed by atoms with van der Waals surface area (Å²) in [4.78, 5) is 12.0. The Morgan fingerprint density at radius 3 is 2.36 bits per heavy atom. The molecule has 4 N–H and O–H groups in total. The molecule has 2 aromatic rings. The van der Waals surface area contributed by atoms with Crippen molar-refractivity contribution < 1.29 is 24.1 Å². The summed E-state index contributed by atoms with van der Waals surface area (Å²) in [6.07, 6.45) is 3.84. The van der Waals surface area contributed by atoms with E-state index in [1.807, 2.05) is 37.3 Å². The third-order valence-corrected chi connectivity index (χ3v) is 4.17. The summed E-state index contributed by atoms with van der Waals surface area (Å²) in [6, 6.07) is 8.26. The minimum atomic E-state index is -1.00. The quantitative estimate of drug-likeness (QED) is 0.602. The van der Waals surface area contributed by atoms with Crippen LogP contribution in [0.2, 0.25) is 0 Å². The maximum absolute atomic E-state index is 12.0. The largest absolute Gasteiger partial charge is 0.495 e. The van der Waals surface area contributed by atoms with Gasteiger partial charge in [0.25, 0.3) is 0 Å². The Hall–Kier alpha value is -3.03. The zero-order chi connectivity index (χ0) is 20.7. The van der Waals surface area contributed by atoms with Gasteiger partial charge in [-0.1, -0.05) is 18.2 Å². The van der Waals surface area contributed by atoms with Gasteiger partial charge < -0.3 is 30.4 Å². The number of aryl methyl sites for hydroxylation is 1. The van der Waals surface area contributed by atoms with Gasteiger partial charge in [0.05, 0.1) is 33.6 Å². The number of amides is 1. The van der Waals surface area contributed by atoms with E-state index in [0.29, 0.717) is 22.9 Å². The van der Waals surface area contributed by atoms with E-state index >= 15 is 0 Å². The van der Waals surface area contributed by atoms with Crippen LogP contribution in [-0.2, 0) is 4.79 Å². The van der Waals surface area contributed by atoms with Gasteiger partial charge in [-0.25, -0.2) is 0 Å². The Balaban J connectivity index is 2.30. The number of methoxy groups -OCH3 is 3. The fourth-order valence-electron chi connectivity index (χ4n) is 2.71. The molecule has 7 nitrogen and oxygen atoms in total. The van der Waals surface area contributed by atoms with Crippen molar-refractivity contribution in [2.75, 3.05) is 33.3 Å². The lowest BCUT2D eigenvalue weighted by Gasteiger charge is -2.13. The molecule has 2 aromatic carbocycles. The first-order valence-electron chi connectivity index (χ1n) is 8.69. The zero-order valence-electron chi connectivity index (χ0n) is 16.5. The van der Waals surface area contributed by atoms with Crippen LogP contribution >= 0.6 is 0 Å². The van der Waals surface area contributed by atoms with Crippen molar-refractivity contribution in [1.29, 1.82) is 0 Å². The van der Waals surface area contributed by atoms with E-state index in [-0.39, 0.29) is 0 Å². The van der Waals surface area contributed by atoms with Gasteiger partial charge in [-0.2, -0.15) is 0 Å². The molecule has 28 heavy (non-hydrogen) atoms. The Kier molecular flexibility index (Phi) is 7.43. The monoisotopic (exact) mass is 386 g/mol. The first kappa shape index (κ1) is 21.3. The third kappa shape index (κ3) is 5.03. The molecule has 0 saturated heterocycles. The van der Waals surface area contributed by atoms with Crippen LogP contribution in [0.15, 0.2) is 30.3 Å². The Labute approximate surface area is 164 Å². The Bertz CT molecular complexity index is 864. The second-order valence-electron chi connectivity index (χ2n) is 6.14. The SMILES string of the molecule is COc1ccc(C=Cc2cc(C)c(OC)c(OC)c2)cc1NC(=O)[C@@H](N)CO. The predicted molar refractivity (Wildman–Crippen MR) is 110 cm³/mol. The highest BCUT2D eigenvalue weighted by Crippen LogP contribution is 2.33. The number of benzene rings is 2. The fraction of sp³-hybridized carbons (Fsp3) is 0.286. The van der Waals surface area contributed by atoms with Gasteiger partial charge in [0.15, 0.2) is 11.5 Å². The van der Waals surface area contributed by atoms with Gasteiger partial charge in [0, 0.05) is 0 Å². The van der Waals surface area contributed by atoms with Crippen molar-refractivity contribution >= 4 is 23.7 Å². The highest BCUT2D eigenvalue weighted by molar-refractivity contribution is 5.96. The summed E-state index contributed by atoms with van der Waals surface area (Å²) < 4.78 is 16.0. The van der Waals surface area contributed by atoms with Crippen LogP contribution in [0.3, 0.4) is 0 Å². The summed E-state index contributed by atoms with van der Waals surface area (Å²) in [5.74, 6) is 1.37. The van der Waals surface area contributed by atoms with Crippen molar-refractivity contribution in [2.24, 2.45) is 5.73 Å². The topological polar surface area (TPSA) is 103 Å². The minimum Gasteiger partial charge on any atom is -0.495 e.